The van der Waals surface area contributed by atoms with E-state index in [-0.39, 0.29) is 5.91 Å². The van der Waals surface area contributed by atoms with Crippen LogP contribution in [0, 0.1) is 5.92 Å². The Morgan fingerprint density at radius 3 is 2.55 bits per heavy atom. The molecule has 0 fully saturated rings. The summed E-state index contributed by atoms with van der Waals surface area (Å²) in [6.45, 7) is 8.04. The van der Waals surface area contributed by atoms with E-state index in [9.17, 15) is 4.79 Å². The third-order valence-electron chi connectivity index (χ3n) is 4.12. The molecule has 1 N–H and O–H groups in total. The number of para-hydroxylation sites is 1. The van der Waals surface area contributed by atoms with Crippen LogP contribution < -0.4 is 0 Å². The average molecular weight is 272 g/mol. The number of H-pyrrole nitrogens is 1. The summed E-state index contributed by atoms with van der Waals surface area (Å²) in [5, 5.41) is 1.01. The fourth-order valence-electron chi connectivity index (χ4n) is 2.63. The molecular weight excluding hydrogens is 248 g/mol. The first kappa shape index (κ1) is 14.6. The number of nitrogens with one attached hydrogen (secondary N) is 1. The van der Waals surface area contributed by atoms with Crippen LogP contribution in [-0.2, 0) is 0 Å². The van der Waals surface area contributed by atoms with Crippen LogP contribution in [-0.4, -0.2) is 28.9 Å². The summed E-state index contributed by atoms with van der Waals surface area (Å²) in [6, 6.07) is 7.96. The first-order valence-electron chi connectivity index (χ1n) is 7.56. The highest BCUT2D eigenvalue weighted by Gasteiger charge is 2.20. The number of benzene rings is 1. The molecule has 0 radical (unpaired) electrons. The average Bonchev–Trinajstić information content (AvgIpc) is 2.92. The van der Waals surface area contributed by atoms with Gasteiger partial charge in [-0.05, 0) is 18.9 Å². The predicted octanol–water partition coefficient (Wildman–Crippen LogP) is 4.07. The van der Waals surface area contributed by atoms with Gasteiger partial charge in [0.2, 0.25) is 0 Å². The van der Waals surface area contributed by atoms with Crippen molar-refractivity contribution in [2.24, 2.45) is 5.92 Å². The number of carbonyl (C=O) groups excluding carboxylic acids is 1. The summed E-state index contributed by atoms with van der Waals surface area (Å²) in [7, 11) is 0. The summed E-state index contributed by atoms with van der Waals surface area (Å²) in [5.41, 5.74) is 1.81. The van der Waals surface area contributed by atoms with Crippen LogP contribution in [0.15, 0.2) is 30.5 Å². The van der Waals surface area contributed by atoms with E-state index < -0.39 is 0 Å². The molecular formula is C17H24N2O. The minimum atomic E-state index is 0.136. The lowest BCUT2D eigenvalue weighted by atomic mass is 10.0. The Morgan fingerprint density at radius 1 is 1.20 bits per heavy atom. The van der Waals surface area contributed by atoms with Crippen LogP contribution in [0.3, 0.4) is 0 Å². The molecule has 0 aliphatic rings. The van der Waals surface area contributed by atoms with E-state index in [1.54, 1.807) is 0 Å². The molecule has 0 aliphatic heterocycles. The quantitative estimate of drug-likeness (QED) is 0.845. The number of hydrogen-bond donors (Lipinski definition) is 1. The highest BCUT2D eigenvalue weighted by molar-refractivity contribution is 6.06. The molecule has 0 spiro atoms. The number of amides is 1. The van der Waals surface area contributed by atoms with Crippen molar-refractivity contribution in [3.63, 3.8) is 0 Å². The Hall–Kier alpha value is -1.77. The molecule has 108 valence electrons. The van der Waals surface area contributed by atoms with Gasteiger partial charge in [-0.15, -0.1) is 0 Å². The number of nitrogens with zero attached hydrogens (tertiary/aromatic N) is 1. The molecule has 1 heterocycles. The van der Waals surface area contributed by atoms with Gasteiger partial charge in [-0.25, -0.2) is 0 Å². The van der Waals surface area contributed by atoms with Gasteiger partial charge in [0, 0.05) is 30.2 Å². The SMILES string of the molecule is CCC(CC)CN(CC)C(=O)c1c[nH]c2ccccc12. The normalized spacial score (nSPS) is 11.2. The number of aromatic amines is 1. The molecule has 3 nitrogen and oxygen atoms in total. The Bertz CT molecular complexity index is 569. The van der Waals surface area contributed by atoms with Gasteiger partial charge in [0.15, 0.2) is 0 Å². The van der Waals surface area contributed by atoms with Crippen LogP contribution >= 0.6 is 0 Å². The monoisotopic (exact) mass is 272 g/mol. The lowest BCUT2D eigenvalue weighted by Gasteiger charge is -2.25. The second-order valence-corrected chi connectivity index (χ2v) is 5.27. The van der Waals surface area contributed by atoms with Gasteiger partial charge in [0.05, 0.1) is 5.56 Å². The standard InChI is InChI=1S/C17H24N2O/c1-4-13(5-2)12-19(6-3)17(20)15-11-18-16-10-8-7-9-14(15)16/h7-11,13,18H,4-6,12H2,1-3H3. The molecule has 1 aromatic carbocycles. The van der Waals surface area contributed by atoms with Gasteiger partial charge >= 0.3 is 0 Å². The third-order valence-corrected chi connectivity index (χ3v) is 4.12. The second kappa shape index (κ2) is 6.60. The summed E-state index contributed by atoms with van der Waals surface area (Å²) < 4.78 is 0. The maximum Gasteiger partial charge on any atom is 0.256 e. The molecule has 1 aromatic heterocycles. The lowest BCUT2D eigenvalue weighted by molar-refractivity contribution is 0.0737. The fraction of sp³-hybridized carbons (Fsp3) is 0.471. The van der Waals surface area contributed by atoms with E-state index in [2.05, 4.69) is 25.8 Å². The van der Waals surface area contributed by atoms with Crippen LogP contribution in [0.2, 0.25) is 0 Å². The summed E-state index contributed by atoms with van der Waals surface area (Å²) in [6.07, 6.45) is 4.07. The molecule has 2 aromatic rings. The zero-order valence-electron chi connectivity index (χ0n) is 12.6. The minimum Gasteiger partial charge on any atom is -0.360 e. The minimum absolute atomic E-state index is 0.136. The first-order chi connectivity index (χ1) is 9.71. The topological polar surface area (TPSA) is 36.1 Å². The van der Waals surface area contributed by atoms with E-state index >= 15 is 0 Å². The van der Waals surface area contributed by atoms with Crippen molar-refractivity contribution >= 4 is 16.8 Å². The van der Waals surface area contributed by atoms with Gasteiger partial charge < -0.3 is 9.88 Å². The number of rotatable bonds is 6. The largest absolute Gasteiger partial charge is 0.360 e. The number of fused-ring (bicyclic) bond motifs is 1. The molecule has 0 aliphatic carbocycles. The number of aromatic nitrogens is 1. The molecule has 0 atom stereocenters. The van der Waals surface area contributed by atoms with E-state index in [1.807, 2.05) is 35.4 Å². The first-order valence-corrected chi connectivity index (χ1v) is 7.56. The van der Waals surface area contributed by atoms with Gasteiger partial charge in [-0.3, -0.25) is 4.79 Å². The predicted molar refractivity (Wildman–Crippen MR) is 83.9 cm³/mol. The Labute approximate surface area is 121 Å². The van der Waals surface area contributed by atoms with Crippen molar-refractivity contribution in [3.8, 4) is 0 Å². The number of carbonyl (C=O) groups is 1. The Balaban J connectivity index is 2.24. The molecule has 0 bridgehead atoms. The molecule has 0 saturated carbocycles. The molecule has 2 rings (SSSR count). The van der Waals surface area contributed by atoms with Crippen LogP contribution in [0.25, 0.3) is 10.9 Å². The molecule has 0 unspecified atom stereocenters. The zero-order chi connectivity index (χ0) is 14.5. The maximum absolute atomic E-state index is 12.7. The van der Waals surface area contributed by atoms with Crippen molar-refractivity contribution in [1.82, 2.24) is 9.88 Å². The van der Waals surface area contributed by atoms with Crippen molar-refractivity contribution in [3.05, 3.63) is 36.0 Å². The third kappa shape index (κ3) is 2.87. The molecule has 0 saturated heterocycles. The van der Waals surface area contributed by atoms with Gasteiger partial charge in [0.25, 0.3) is 5.91 Å². The molecule has 20 heavy (non-hydrogen) atoms. The summed E-state index contributed by atoms with van der Waals surface area (Å²) in [5.74, 6) is 0.723. The molecule has 1 amide bonds. The highest BCUT2D eigenvalue weighted by atomic mass is 16.2. The second-order valence-electron chi connectivity index (χ2n) is 5.27. The van der Waals surface area contributed by atoms with E-state index in [4.69, 9.17) is 0 Å². The van der Waals surface area contributed by atoms with Crippen LogP contribution in [0.1, 0.15) is 44.0 Å². The Kier molecular flexibility index (Phi) is 4.83. The van der Waals surface area contributed by atoms with Crippen LogP contribution in [0.5, 0.6) is 0 Å². The van der Waals surface area contributed by atoms with Crippen molar-refractivity contribution in [2.75, 3.05) is 13.1 Å². The van der Waals surface area contributed by atoms with Gasteiger partial charge in [0.1, 0.15) is 0 Å². The fourth-order valence-corrected chi connectivity index (χ4v) is 2.63. The Morgan fingerprint density at radius 2 is 1.90 bits per heavy atom. The van der Waals surface area contributed by atoms with Crippen molar-refractivity contribution < 1.29 is 4.79 Å². The summed E-state index contributed by atoms with van der Waals surface area (Å²) >= 11 is 0. The molecule has 3 heteroatoms. The maximum atomic E-state index is 12.7. The van der Waals surface area contributed by atoms with Crippen molar-refractivity contribution in [2.45, 2.75) is 33.6 Å². The lowest BCUT2D eigenvalue weighted by Crippen LogP contribution is -2.35. The van der Waals surface area contributed by atoms with E-state index in [1.165, 1.54) is 0 Å². The summed E-state index contributed by atoms with van der Waals surface area (Å²) in [4.78, 5) is 17.9. The van der Waals surface area contributed by atoms with Gasteiger partial charge in [-0.1, -0.05) is 44.9 Å². The van der Waals surface area contributed by atoms with Gasteiger partial charge in [-0.2, -0.15) is 0 Å². The van der Waals surface area contributed by atoms with Crippen LogP contribution in [0.4, 0.5) is 0 Å². The van der Waals surface area contributed by atoms with Crippen molar-refractivity contribution in [1.29, 1.82) is 0 Å². The van der Waals surface area contributed by atoms with E-state index in [0.717, 1.165) is 42.4 Å². The smallest absolute Gasteiger partial charge is 0.256 e. The zero-order valence-corrected chi connectivity index (χ0v) is 12.6. The highest BCUT2D eigenvalue weighted by Crippen LogP contribution is 2.20. The number of hydrogen-bond acceptors (Lipinski definition) is 1. The van der Waals surface area contributed by atoms with E-state index in [0.29, 0.717) is 5.92 Å².